The summed E-state index contributed by atoms with van der Waals surface area (Å²) >= 11 is 0. The lowest BCUT2D eigenvalue weighted by molar-refractivity contribution is 0.0387. The van der Waals surface area contributed by atoms with Crippen LogP contribution < -0.4 is 5.32 Å². The molecular formula is C13H23NO3. The minimum atomic E-state index is 0.514. The molecule has 4 nitrogen and oxygen atoms in total. The van der Waals surface area contributed by atoms with Crippen LogP contribution in [0.2, 0.25) is 0 Å². The van der Waals surface area contributed by atoms with E-state index >= 15 is 0 Å². The first-order valence-corrected chi connectivity index (χ1v) is 6.22. The average Bonchev–Trinajstić information content (AvgIpc) is 2.67. The summed E-state index contributed by atoms with van der Waals surface area (Å²) in [6.07, 6.45) is 0. The molecule has 0 unspecified atom stereocenters. The zero-order valence-corrected chi connectivity index (χ0v) is 11.0. The van der Waals surface area contributed by atoms with Crippen molar-refractivity contribution in [1.29, 1.82) is 0 Å². The van der Waals surface area contributed by atoms with Crippen molar-refractivity contribution in [3.8, 4) is 0 Å². The smallest absolute Gasteiger partial charge is 0.130 e. The Hall–Kier alpha value is -0.840. The van der Waals surface area contributed by atoms with E-state index in [1.165, 1.54) is 5.56 Å². The van der Waals surface area contributed by atoms with Crippen LogP contribution in [-0.2, 0) is 22.6 Å². The molecule has 0 saturated heterocycles. The Labute approximate surface area is 103 Å². The second-order valence-electron chi connectivity index (χ2n) is 3.85. The molecule has 0 saturated carbocycles. The van der Waals surface area contributed by atoms with Crippen LogP contribution in [0.4, 0.5) is 0 Å². The van der Waals surface area contributed by atoms with Crippen molar-refractivity contribution in [3.63, 3.8) is 0 Å². The maximum Gasteiger partial charge on any atom is 0.130 e. The molecule has 0 amide bonds. The van der Waals surface area contributed by atoms with Gasteiger partial charge in [0, 0.05) is 6.61 Å². The maximum atomic E-state index is 5.69. The van der Waals surface area contributed by atoms with E-state index < -0.39 is 0 Å². The van der Waals surface area contributed by atoms with Gasteiger partial charge in [-0.25, -0.2) is 0 Å². The highest BCUT2D eigenvalue weighted by Gasteiger charge is 2.06. The Morgan fingerprint density at radius 3 is 2.71 bits per heavy atom. The molecule has 1 heterocycles. The minimum Gasteiger partial charge on any atom is -0.462 e. The maximum absolute atomic E-state index is 5.69. The molecule has 98 valence electrons. The molecule has 1 N–H and O–H groups in total. The summed E-state index contributed by atoms with van der Waals surface area (Å²) in [5, 5.41) is 3.25. The molecule has 0 radical (unpaired) electrons. The number of hydrogen-bond acceptors (Lipinski definition) is 4. The molecular weight excluding hydrogens is 218 g/mol. The third-order valence-corrected chi connectivity index (χ3v) is 2.43. The molecule has 1 aromatic rings. The first-order chi connectivity index (χ1) is 8.27. The van der Waals surface area contributed by atoms with E-state index in [2.05, 4.69) is 19.2 Å². The number of rotatable bonds is 9. The van der Waals surface area contributed by atoms with Gasteiger partial charge < -0.3 is 19.2 Å². The van der Waals surface area contributed by atoms with Crippen LogP contribution in [0, 0.1) is 6.92 Å². The van der Waals surface area contributed by atoms with Crippen LogP contribution in [0.3, 0.4) is 0 Å². The summed E-state index contributed by atoms with van der Waals surface area (Å²) in [6.45, 7) is 10.3. The summed E-state index contributed by atoms with van der Waals surface area (Å²) in [5.41, 5.74) is 1.18. The van der Waals surface area contributed by atoms with Crippen LogP contribution in [0.1, 0.15) is 30.9 Å². The largest absolute Gasteiger partial charge is 0.462 e. The molecule has 17 heavy (non-hydrogen) atoms. The van der Waals surface area contributed by atoms with Gasteiger partial charge in [-0.1, -0.05) is 6.92 Å². The highest BCUT2D eigenvalue weighted by Crippen LogP contribution is 2.15. The lowest BCUT2D eigenvalue weighted by Crippen LogP contribution is -2.11. The molecule has 1 aromatic heterocycles. The Morgan fingerprint density at radius 1 is 1.24 bits per heavy atom. The highest BCUT2D eigenvalue weighted by molar-refractivity contribution is 5.19. The zero-order valence-electron chi connectivity index (χ0n) is 11.0. The summed E-state index contributed by atoms with van der Waals surface area (Å²) in [5.74, 6) is 1.88. The van der Waals surface area contributed by atoms with Crippen LogP contribution >= 0.6 is 0 Å². The Morgan fingerprint density at radius 2 is 2.00 bits per heavy atom. The molecule has 0 aliphatic heterocycles. The molecule has 1 rings (SSSR count). The van der Waals surface area contributed by atoms with E-state index in [0.29, 0.717) is 19.8 Å². The average molecular weight is 241 g/mol. The second kappa shape index (κ2) is 8.28. The van der Waals surface area contributed by atoms with Crippen LogP contribution in [0.15, 0.2) is 10.5 Å². The van der Waals surface area contributed by atoms with E-state index in [4.69, 9.17) is 13.9 Å². The van der Waals surface area contributed by atoms with Gasteiger partial charge in [-0.3, -0.25) is 0 Å². The third-order valence-electron chi connectivity index (χ3n) is 2.43. The minimum absolute atomic E-state index is 0.514. The first-order valence-electron chi connectivity index (χ1n) is 6.22. The van der Waals surface area contributed by atoms with Crippen LogP contribution in [0.5, 0.6) is 0 Å². The van der Waals surface area contributed by atoms with Gasteiger partial charge in [-0.15, -0.1) is 0 Å². The van der Waals surface area contributed by atoms with Gasteiger partial charge in [0.05, 0.1) is 19.8 Å². The van der Waals surface area contributed by atoms with E-state index in [1.54, 1.807) is 0 Å². The molecule has 0 aliphatic carbocycles. The number of furan rings is 1. The van der Waals surface area contributed by atoms with Crippen LogP contribution in [-0.4, -0.2) is 26.4 Å². The molecule has 0 aromatic carbocycles. The summed E-state index contributed by atoms with van der Waals surface area (Å²) in [4.78, 5) is 0. The third kappa shape index (κ3) is 5.35. The standard InChI is InChI=1S/C13H23NO3/c1-4-14-9-13-11(3)8-12(17-13)10-16-7-6-15-5-2/h8,14H,4-7,9-10H2,1-3H3. The van der Waals surface area contributed by atoms with Crippen molar-refractivity contribution in [2.75, 3.05) is 26.4 Å². The van der Waals surface area contributed by atoms with Crippen molar-refractivity contribution in [2.24, 2.45) is 0 Å². The molecule has 0 aliphatic rings. The lowest BCUT2D eigenvalue weighted by Gasteiger charge is -2.02. The van der Waals surface area contributed by atoms with Gasteiger partial charge in [0.1, 0.15) is 18.1 Å². The molecule has 4 heteroatoms. The summed E-state index contributed by atoms with van der Waals surface area (Å²) in [6, 6.07) is 2.04. The Bertz CT molecular complexity index is 310. The van der Waals surface area contributed by atoms with Crippen LogP contribution in [0.25, 0.3) is 0 Å². The first kappa shape index (κ1) is 14.2. The fourth-order valence-electron chi connectivity index (χ4n) is 1.51. The predicted octanol–water partition coefficient (Wildman–Crippen LogP) is 2.25. The fraction of sp³-hybridized carbons (Fsp3) is 0.692. The van der Waals surface area contributed by atoms with E-state index in [-0.39, 0.29) is 0 Å². The molecule has 0 spiro atoms. The van der Waals surface area contributed by atoms with Gasteiger partial charge in [-0.05, 0) is 32.0 Å². The number of aryl methyl sites for hydroxylation is 1. The number of ether oxygens (including phenoxy) is 2. The van der Waals surface area contributed by atoms with E-state index in [1.807, 2.05) is 13.0 Å². The zero-order chi connectivity index (χ0) is 12.5. The summed E-state index contributed by atoms with van der Waals surface area (Å²) in [7, 11) is 0. The van der Waals surface area contributed by atoms with Crippen molar-refractivity contribution in [2.45, 2.75) is 33.9 Å². The molecule has 0 fully saturated rings. The van der Waals surface area contributed by atoms with E-state index in [0.717, 1.165) is 31.2 Å². The van der Waals surface area contributed by atoms with Gasteiger partial charge in [0.25, 0.3) is 0 Å². The molecule has 0 bridgehead atoms. The Balaban J connectivity index is 2.28. The van der Waals surface area contributed by atoms with Gasteiger partial charge in [-0.2, -0.15) is 0 Å². The Kier molecular flexibility index (Phi) is 6.93. The number of nitrogens with one attached hydrogen (secondary N) is 1. The molecule has 0 atom stereocenters. The lowest BCUT2D eigenvalue weighted by atomic mass is 10.2. The highest BCUT2D eigenvalue weighted by atomic mass is 16.5. The topological polar surface area (TPSA) is 43.6 Å². The van der Waals surface area contributed by atoms with E-state index in [9.17, 15) is 0 Å². The normalized spacial score (nSPS) is 11.0. The van der Waals surface area contributed by atoms with Crippen molar-refractivity contribution < 1.29 is 13.9 Å². The van der Waals surface area contributed by atoms with Gasteiger partial charge >= 0.3 is 0 Å². The predicted molar refractivity (Wildman–Crippen MR) is 67.0 cm³/mol. The van der Waals surface area contributed by atoms with Gasteiger partial charge in [0.15, 0.2) is 0 Å². The van der Waals surface area contributed by atoms with Gasteiger partial charge in [0.2, 0.25) is 0 Å². The second-order valence-corrected chi connectivity index (χ2v) is 3.85. The monoisotopic (exact) mass is 241 g/mol. The summed E-state index contributed by atoms with van der Waals surface area (Å²) < 4.78 is 16.3. The quantitative estimate of drug-likeness (QED) is 0.673. The fourth-order valence-corrected chi connectivity index (χ4v) is 1.51. The number of hydrogen-bond donors (Lipinski definition) is 1. The SMILES string of the molecule is CCNCc1oc(COCCOCC)cc1C. The van der Waals surface area contributed by atoms with Crippen molar-refractivity contribution in [1.82, 2.24) is 5.32 Å². The van der Waals surface area contributed by atoms with Crippen molar-refractivity contribution in [3.05, 3.63) is 23.2 Å². The van der Waals surface area contributed by atoms with Crippen molar-refractivity contribution >= 4 is 0 Å².